The number of benzene rings is 1. The molecule has 0 bridgehead atoms. The Balaban J connectivity index is 1.69. The van der Waals surface area contributed by atoms with Gasteiger partial charge in [0, 0.05) is 30.3 Å². The monoisotopic (exact) mass is 326 g/mol. The summed E-state index contributed by atoms with van der Waals surface area (Å²) in [5.41, 5.74) is 2.08. The standard InChI is InChI=1S/C19H22N2O3/c1-3-24-15-10-9-14(11-20-15)12(2)21-18-16(17(18)19(22)23)13-7-5-4-6-8-13/h4-12,16-18,21H,3H2,1-2H3,(H,22,23)/t12-,16+,17+,18?/m0/s1. The summed E-state index contributed by atoms with van der Waals surface area (Å²) in [5.74, 6) is -0.517. The molecule has 1 fully saturated rings. The SMILES string of the molecule is CCOc1ccc([C@H](C)NC2[C@H](C(=O)O)[C@H]2c2ccccc2)cn1. The van der Waals surface area contributed by atoms with Crippen LogP contribution in [0.5, 0.6) is 5.88 Å². The van der Waals surface area contributed by atoms with Gasteiger partial charge in [-0.25, -0.2) is 4.98 Å². The third-order valence-corrected chi connectivity index (χ3v) is 4.48. The molecule has 1 aromatic heterocycles. The average molecular weight is 326 g/mol. The van der Waals surface area contributed by atoms with Gasteiger partial charge in [0.1, 0.15) is 0 Å². The first-order valence-corrected chi connectivity index (χ1v) is 8.24. The van der Waals surface area contributed by atoms with Crippen molar-refractivity contribution in [2.75, 3.05) is 6.61 Å². The maximum Gasteiger partial charge on any atom is 0.308 e. The van der Waals surface area contributed by atoms with Crippen molar-refractivity contribution in [3.05, 3.63) is 59.8 Å². The second-order valence-corrected chi connectivity index (χ2v) is 6.08. The lowest BCUT2D eigenvalue weighted by Gasteiger charge is -2.14. The average Bonchev–Trinajstić information content (AvgIpc) is 3.30. The lowest BCUT2D eigenvalue weighted by atomic mass is 10.1. The minimum Gasteiger partial charge on any atom is -0.481 e. The van der Waals surface area contributed by atoms with E-state index in [1.807, 2.05) is 56.3 Å². The third kappa shape index (κ3) is 3.41. The number of hydrogen-bond donors (Lipinski definition) is 2. The van der Waals surface area contributed by atoms with Crippen molar-refractivity contribution in [3.63, 3.8) is 0 Å². The van der Waals surface area contributed by atoms with E-state index in [1.165, 1.54) is 0 Å². The van der Waals surface area contributed by atoms with Crippen LogP contribution in [0.25, 0.3) is 0 Å². The van der Waals surface area contributed by atoms with Crippen LogP contribution < -0.4 is 10.1 Å². The van der Waals surface area contributed by atoms with Gasteiger partial charge in [-0.15, -0.1) is 0 Å². The predicted octanol–water partition coefficient (Wildman–Crippen LogP) is 3.00. The maximum absolute atomic E-state index is 11.5. The molecule has 5 heteroatoms. The molecule has 5 nitrogen and oxygen atoms in total. The van der Waals surface area contributed by atoms with Crippen LogP contribution in [0.3, 0.4) is 0 Å². The summed E-state index contributed by atoms with van der Waals surface area (Å²) in [4.78, 5) is 15.8. The van der Waals surface area contributed by atoms with Crippen LogP contribution in [0.4, 0.5) is 0 Å². The number of aromatic nitrogens is 1. The van der Waals surface area contributed by atoms with E-state index in [0.717, 1.165) is 11.1 Å². The van der Waals surface area contributed by atoms with Gasteiger partial charge in [-0.2, -0.15) is 0 Å². The molecule has 1 aromatic carbocycles. The number of carbonyl (C=O) groups is 1. The summed E-state index contributed by atoms with van der Waals surface area (Å²) < 4.78 is 5.35. The number of nitrogens with one attached hydrogen (secondary N) is 1. The fourth-order valence-corrected chi connectivity index (χ4v) is 3.18. The van der Waals surface area contributed by atoms with Gasteiger partial charge >= 0.3 is 5.97 Å². The first-order chi connectivity index (χ1) is 11.6. The maximum atomic E-state index is 11.5. The molecule has 1 heterocycles. The van der Waals surface area contributed by atoms with Gasteiger partial charge in [-0.3, -0.25) is 4.79 Å². The molecule has 0 amide bonds. The first kappa shape index (κ1) is 16.5. The van der Waals surface area contributed by atoms with Gasteiger partial charge in [0.15, 0.2) is 0 Å². The van der Waals surface area contributed by atoms with Crippen LogP contribution in [-0.2, 0) is 4.79 Å². The zero-order valence-electron chi connectivity index (χ0n) is 13.8. The van der Waals surface area contributed by atoms with Crippen molar-refractivity contribution < 1.29 is 14.6 Å². The molecule has 1 unspecified atom stereocenters. The lowest BCUT2D eigenvalue weighted by molar-refractivity contribution is -0.138. The van der Waals surface area contributed by atoms with Crippen molar-refractivity contribution >= 4 is 5.97 Å². The Labute approximate surface area is 141 Å². The second-order valence-electron chi connectivity index (χ2n) is 6.08. The van der Waals surface area contributed by atoms with Crippen LogP contribution in [0, 0.1) is 5.92 Å². The zero-order chi connectivity index (χ0) is 17.1. The van der Waals surface area contributed by atoms with Crippen molar-refractivity contribution in [2.24, 2.45) is 5.92 Å². The van der Waals surface area contributed by atoms with Gasteiger partial charge in [0.05, 0.1) is 12.5 Å². The Morgan fingerprint density at radius 1 is 1.29 bits per heavy atom. The molecule has 1 aliphatic rings. The predicted molar refractivity (Wildman–Crippen MR) is 91.1 cm³/mol. The molecule has 2 N–H and O–H groups in total. The molecule has 24 heavy (non-hydrogen) atoms. The number of rotatable bonds is 7. The van der Waals surface area contributed by atoms with E-state index in [9.17, 15) is 9.90 Å². The molecule has 1 saturated carbocycles. The molecule has 1 aliphatic carbocycles. The van der Waals surface area contributed by atoms with E-state index in [1.54, 1.807) is 6.20 Å². The minimum absolute atomic E-state index is 0.0156. The molecule has 2 aromatic rings. The second kappa shape index (κ2) is 7.01. The van der Waals surface area contributed by atoms with Crippen LogP contribution in [0.15, 0.2) is 48.7 Å². The number of aliphatic carboxylic acids is 1. The normalized spacial score (nSPS) is 23.5. The summed E-state index contributed by atoms with van der Waals surface area (Å²) >= 11 is 0. The fourth-order valence-electron chi connectivity index (χ4n) is 3.18. The quantitative estimate of drug-likeness (QED) is 0.818. The number of hydrogen-bond acceptors (Lipinski definition) is 4. The Morgan fingerprint density at radius 3 is 2.62 bits per heavy atom. The molecule has 0 saturated heterocycles. The highest BCUT2D eigenvalue weighted by Gasteiger charge is 2.56. The van der Waals surface area contributed by atoms with Crippen molar-refractivity contribution in [1.82, 2.24) is 10.3 Å². The van der Waals surface area contributed by atoms with Crippen LogP contribution in [-0.4, -0.2) is 28.7 Å². The molecule has 4 atom stereocenters. The molecule has 3 rings (SSSR count). The summed E-state index contributed by atoms with van der Waals surface area (Å²) in [6, 6.07) is 13.6. The van der Waals surface area contributed by atoms with Crippen LogP contribution in [0.1, 0.15) is 36.9 Å². The largest absolute Gasteiger partial charge is 0.481 e. The highest BCUT2D eigenvalue weighted by atomic mass is 16.5. The molecule has 0 spiro atoms. The van der Waals surface area contributed by atoms with Crippen LogP contribution >= 0.6 is 0 Å². The Kier molecular flexibility index (Phi) is 4.81. The van der Waals surface area contributed by atoms with E-state index >= 15 is 0 Å². The lowest BCUT2D eigenvalue weighted by Crippen LogP contribution is -2.24. The van der Waals surface area contributed by atoms with E-state index in [4.69, 9.17) is 4.74 Å². The Hall–Kier alpha value is -2.40. The van der Waals surface area contributed by atoms with Gasteiger partial charge in [-0.05, 0) is 25.0 Å². The number of carboxylic acids is 1. The van der Waals surface area contributed by atoms with E-state index in [0.29, 0.717) is 12.5 Å². The smallest absolute Gasteiger partial charge is 0.308 e. The van der Waals surface area contributed by atoms with Crippen molar-refractivity contribution in [3.8, 4) is 5.88 Å². The number of nitrogens with zero attached hydrogens (tertiary/aromatic N) is 1. The molecular weight excluding hydrogens is 304 g/mol. The summed E-state index contributed by atoms with van der Waals surface area (Å²) in [5, 5.41) is 12.9. The zero-order valence-corrected chi connectivity index (χ0v) is 13.8. The van der Waals surface area contributed by atoms with E-state index in [-0.39, 0.29) is 23.9 Å². The van der Waals surface area contributed by atoms with Crippen molar-refractivity contribution in [2.45, 2.75) is 31.8 Å². The minimum atomic E-state index is -0.752. The summed E-state index contributed by atoms with van der Waals surface area (Å²) in [7, 11) is 0. The summed E-state index contributed by atoms with van der Waals surface area (Å²) in [6.07, 6.45) is 1.78. The topological polar surface area (TPSA) is 71.5 Å². The molecular formula is C19H22N2O3. The Bertz CT molecular complexity index is 688. The fraction of sp³-hybridized carbons (Fsp3) is 0.368. The molecule has 0 aliphatic heterocycles. The van der Waals surface area contributed by atoms with E-state index in [2.05, 4.69) is 10.3 Å². The van der Waals surface area contributed by atoms with Crippen LogP contribution in [0.2, 0.25) is 0 Å². The highest BCUT2D eigenvalue weighted by Crippen LogP contribution is 2.48. The third-order valence-electron chi connectivity index (χ3n) is 4.48. The van der Waals surface area contributed by atoms with Crippen molar-refractivity contribution in [1.29, 1.82) is 0 Å². The number of pyridine rings is 1. The first-order valence-electron chi connectivity index (χ1n) is 8.24. The number of ether oxygens (including phenoxy) is 1. The molecule has 126 valence electrons. The highest BCUT2D eigenvalue weighted by molar-refractivity contribution is 5.77. The summed E-state index contributed by atoms with van der Waals surface area (Å²) in [6.45, 7) is 4.53. The molecule has 0 radical (unpaired) electrons. The van der Waals surface area contributed by atoms with Gasteiger partial charge in [0.25, 0.3) is 0 Å². The van der Waals surface area contributed by atoms with Gasteiger partial charge < -0.3 is 15.2 Å². The van der Waals surface area contributed by atoms with E-state index < -0.39 is 5.97 Å². The number of carboxylic acid groups (broad SMARTS) is 1. The Morgan fingerprint density at radius 2 is 2.04 bits per heavy atom. The van der Waals surface area contributed by atoms with Gasteiger partial charge in [0.2, 0.25) is 5.88 Å². The van der Waals surface area contributed by atoms with Gasteiger partial charge in [-0.1, -0.05) is 36.4 Å².